The normalized spacial score (nSPS) is 15.9. The van der Waals surface area contributed by atoms with Gasteiger partial charge in [0.2, 0.25) is 0 Å². The number of thiazole rings is 1. The summed E-state index contributed by atoms with van der Waals surface area (Å²) in [6, 6.07) is 11.9. The van der Waals surface area contributed by atoms with Crippen molar-refractivity contribution in [2.24, 2.45) is 5.41 Å². The maximum Gasteiger partial charge on any atom is 0.165 e. The minimum absolute atomic E-state index is 0.0277. The van der Waals surface area contributed by atoms with Crippen molar-refractivity contribution in [2.75, 3.05) is 0 Å². The third-order valence-corrected chi connectivity index (χ3v) is 5.76. The van der Waals surface area contributed by atoms with Crippen LogP contribution in [0, 0.1) is 5.41 Å². The Labute approximate surface area is 159 Å². The molecule has 2 heterocycles. The average molecular weight is 413 g/mol. The SMILES string of the molecule is CC1(C)CC(=O)c2ccc(-c3nc(-c4cccc(Br)c4)cs3)nc2C1. The van der Waals surface area contributed by atoms with Gasteiger partial charge in [0.15, 0.2) is 5.78 Å². The Bertz CT molecular complexity index is 977. The molecular formula is C20H17BrN2OS. The van der Waals surface area contributed by atoms with E-state index in [-0.39, 0.29) is 11.2 Å². The van der Waals surface area contributed by atoms with Crippen molar-refractivity contribution in [2.45, 2.75) is 26.7 Å². The zero-order valence-corrected chi connectivity index (χ0v) is 16.4. The third kappa shape index (κ3) is 3.31. The molecule has 3 nitrogen and oxygen atoms in total. The molecule has 25 heavy (non-hydrogen) atoms. The van der Waals surface area contributed by atoms with Crippen molar-refractivity contribution in [1.82, 2.24) is 9.97 Å². The van der Waals surface area contributed by atoms with Crippen LogP contribution in [0.15, 0.2) is 46.3 Å². The quantitative estimate of drug-likeness (QED) is 0.534. The molecule has 1 aliphatic rings. The summed E-state index contributed by atoms with van der Waals surface area (Å²) in [6.45, 7) is 4.24. The number of carbonyl (C=O) groups excluding carboxylic acids is 1. The highest BCUT2D eigenvalue weighted by molar-refractivity contribution is 9.10. The second-order valence-corrected chi connectivity index (χ2v) is 8.95. The van der Waals surface area contributed by atoms with Crippen LogP contribution in [-0.4, -0.2) is 15.8 Å². The summed E-state index contributed by atoms with van der Waals surface area (Å²) in [5.74, 6) is 0.194. The summed E-state index contributed by atoms with van der Waals surface area (Å²) < 4.78 is 1.03. The van der Waals surface area contributed by atoms with Gasteiger partial charge < -0.3 is 0 Å². The number of rotatable bonds is 2. The lowest BCUT2D eigenvalue weighted by Gasteiger charge is -2.29. The minimum atomic E-state index is -0.0277. The van der Waals surface area contributed by atoms with Gasteiger partial charge in [-0.2, -0.15) is 0 Å². The highest BCUT2D eigenvalue weighted by Gasteiger charge is 2.32. The Hall–Kier alpha value is -1.85. The van der Waals surface area contributed by atoms with Crippen LogP contribution >= 0.6 is 27.3 Å². The first-order chi connectivity index (χ1) is 11.9. The van der Waals surface area contributed by atoms with Gasteiger partial charge in [-0.15, -0.1) is 11.3 Å². The predicted molar refractivity (Wildman–Crippen MR) is 105 cm³/mol. The van der Waals surface area contributed by atoms with Crippen LogP contribution in [0.2, 0.25) is 0 Å². The predicted octanol–water partition coefficient (Wildman–Crippen LogP) is 5.79. The van der Waals surface area contributed by atoms with Gasteiger partial charge in [-0.1, -0.05) is 41.9 Å². The van der Waals surface area contributed by atoms with E-state index >= 15 is 0 Å². The fraction of sp³-hybridized carbons (Fsp3) is 0.250. The molecule has 5 heteroatoms. The van der Waals surface area contributed by atoms with Gasteiger partial charge in [0.1, 0.15) is 5.01 Å². The molecule has 126 valence electrons. The molecule has 4 rings (SSSR count). The smallest absolute Gasteiger partial charge is 0.165 e. The lowest BCUT2D eigenvalue weighted by molar-refractivity contribution is 0.0910. The third-order valence-electron chi connectivity index (χ3n) is 4.40. The molecule has 0 atom stereocenters. The van der Waals surface area contributed by atoms with Gasteiger partial charge >= 0.3 is 0 Å². The molecule has 0 saturated carbocycles. The monoisotopic (exact) mass is 412 g/mol. The largest absolute Gasteiger partial charge is 0.294 e. The molecule has 0 aliphatic heterocycles. The molecule has 0 bridgehead atoms. The zero-order valence-electron chi connectivity index (χ0n) is 14.0. The van der Waals surface area contributed by atoms with E-state index in [1.54, 1.807) is 11.3 Å². The lowest BCUT2D eigenvalue weighted by atomic mass is 9.75. The van der Waals surface area contributed by atoms with Crippen molar-refractivity contribution in [3.63, 3.8) is 0 Å². The highest BCUT2D eigenvalue weighted by atomic mass is 79.9. The number of hydrogen-bond acceptors (Lipinski definition) is 4. The summed E-state index contributed by atoms with van der Waals surface area (Å²) in [4.78, 5) is 21.8. The number of hydrogen-bond donors (Lipinski definition) is 0. The molecule has 0 N–H and O–H groups in total. The summed E-state index contributed by atoms with van der Waals surface area (Å²) >= 11 is 5.08. The summed E-state index contributed by atoms with van der Waals surface area (Å²) in [6.07, 6.45) is 1.41. The molecule has 0 spiro atoms. The molecule has 3 aromatic rings. The number of benzene rings is 1. The number of aromatic nitrogens is 2. The first-order valence-electron chi connectivity index (χ1n) is 8.16. The van der Waals surface area contributed by atoms with Crippen molar-refractivity contribution in [1.29, 1.82) is 0 Å². The number of ketones is 1. The fourth-order valence-corrected chi connectivity index (χ4v) is 4.42. The van der Waals surface area contributed by atoms with Crippen LogP contribution < -0.4 is 0 Å². The van der Waals surface area contributed by atoms with Gasteiger partial charge in [0.25, 0.3) is 0 Å². The Kier molecular flexibility index (Phi) is 4.08. The lowest BCUT2D eigenvalue weighted by Crippen LogP contribution is -2.27. The van der Waals surface area contributed by atoms with Gasteiger partial charge in [-0.3, -0.25) is 4.79 Å². The Balaban J connectivity index is 1.71. The zero-order chi connectivity index (χ0) is 17.6. The number of fused-ring (bicyclic) bond motifs is 1. The molecule has 2 aromatic heterocycles. The first kappa shape index (κ1) is 16.6. The second-order valence-electron chi connectivity index (χ2n) is 7.18. The van der Waals surface area contributed by atoms with E-state index in [0.29, 0.717) is 6.42 Å². The van der Waals surface area contributed by atoms with Crippen molar-refractivity contribution in [3.05, 3.63) is 57.5 Å². The van der Waals surface area contributed by atoms with Crippen LogP contribution in [0.4, 0.5) is 0 Å². The summed E-state index contributed by atoms with van der Waals surface area (Å²) in [5, 5.41) is 2.93. The van der Waals surface area contributed by atoms with E-state index in [9.17, 15) is 4.79 Å². The van der Waals surface area contributed by atoms with Crippen LogP contribution in [0.5, 0.6) is 0 Å². The topological polar surface area (TPSA) is 42.9 Å². The number of Topliss-reactive ketones (excluding diaryl/α,β-unsaturated/α-hetero) is 1. The molecular weight excluding hydrogens is 396 g/mol. The number of halogens is 1. The van der Waals surface area contributed by atoms with Gasteiger partial charge in [-0.05, 0) is 36.1 Å². The summed E-state index contributed by atoms with van der Waals surface area (Å²) in [7, 11) is 0. The Morgan fingerprint density at radius 2 is 1.92 bits per heavy atom. The van der Waals surface area contributed by atoms with Crippen molar-refractivity contribution >= 4 is 33.0 Å². The molecule has 0 unspecified atom stereocenters. The molecule has 0 radical (unpaired) electrons. The summed E-state index contributed by atoms with van der Waals surface area (Å²) in [5.41, 5.74) is 4.50. The number of nitrogens with zero attached hydrogens (tertiary/aromatic N) is 2. The fourth-order valence-electron chi connectivity index (χ4n) is 3.23. The van der Waals surface area contributed by atoms with Gasteiger partial charge in [-0.25, -0.2) is 9.97 Å². The van der Waals surface area contributed by atoms with Gasteiger partial charge in [0.05, 0.1) is 17.1 Å². The van der Waals surface area contributed by atoms with Gasteiger partial charge in [0, 0.05) is 27.4 Å². The second kappa shape index (κ2) is 6.15. The van der Waals surface area contributed by atoms with E-state index in [0.717, 1.165) is 44.1 Å². The van der Waals surface area contributed by atoms with E-state index < -0.39 is 0 Å². The van der Waals surface area contributed by atoms with E-state index in [1.807, 2.05) is 35.7 Å². The molecule has 1 aromatic carbocycles. The van der Waals surface area contributed by atoms with Crippen LogP contribution in [0.1, 0.15) is 36.3 Å². The van der Waals surface area contributed by atoms with Crippen molar-refractivity contribution < 1.29 is 4.79 Å². The molecule has 0 amide bonds. The van der Waals surface area contributed by atoms with Crippen LogP contribution in [0.3, 0.4) is 0 Å². The first-order valence-corrected chi connectivity index (χ1v) is 9.83. The number of carbonyl (C=O) groups is 1. The standard InChI is InChI=1S/C20H17BrN2OS/c1-20(2)9-16-14(18(24)10-20)6-7-15(22-16)19-23-17(11-25-19)12-4-3-5-13(21)8-12/h3-8,11H,9-10H2,1-2H3. The molecule has 1 aliphatic carbocycles. The maximum absolute atomic E-state index is 12.3. The highest BCUT2D eigenvalue weighted by Crippen LogP contribution is 2.36. The van der Waals surface area contributed by atoms with Crippen LogP contribution in [-0.2, 0) is 6.42 Å². The Morgan fingerprint density at radius 3 is 2.72 bits per heavy atom. The van der Waals surface area contributed by atoms with Crippen molar-refractivity contribution in [3.8, 4) is 22.0 Å². The van der Waals surface area contributed by atoms with Crippen LogP contribution in [0.25, 0.3) is 22.0 Å². The number of pyridine rings is 1. The Morgan fingerprint density at radius 1 is 1.08 bits per heavy atom. The van der Waals surface area contributed by atoms with E-state index in [2.05, 4.69) is 35.8 Å². The molecule has 0 fully saturated rings. The van der Waals surface area contributed by atoms with E-state index in [4.69, 9.17) is 9.97 Å². The minimum Gasteiger partial charge on any atom is -0.294 e. The maximum atomic E-state index is 12.3. The average Bonchev–Trinajstić information content (AvgIpc) is 3.03. The van der Waals surface area contributed by atoms with E-state index in [1.165, 1.54) is 0 Å². The molecule has 0 saturated heterocycles.